The van der Waals surface area contributed by atoms with E-state index in [1.54, 1.807) is 7.11 Å². The molecule has 2 aromatic heterocycles. The summed E-state index contributed by atoms with van der Waals surface area (Å²) in [4.78, 5) is 11.0. The summed E-state index contributed by atoms with van der Waals surface area (Å²) in [5, 5.41) is 0. The molecule has 0 fully saturated rings. The zero-order valence-electron chi connectivity index (χ0n) is 9.90. The number of ether oxygens (including phenoxy) is 1. The molecule has 2 aromatic rings. The molecular formula is C12H13BrN2O2. The number of methoxy groups -OCH3 is 1. The first-order valence-corrected chi connectivity index (χ1v) is 5.90. The third-order valence-electron chi connectivity index (χ3n) is 2.90. The molecule has 2 rings (SSSR count). The Morgan fingerprint density at radius 1 is 1.24 bits per heavy atom. The average molecular weight is 297 g/mol. The lowest BCUT2D eigenvalue weighted by Crippen LogP contribution is -2.00. The first-order chi connectivity index (χ1) is 8.10. The Balaban J connectivity index is 2.64. The lowest BCUT2D eigenvalue weighted by atomic mass is 10.3. The van der Waals surface area contributed by atoms with E-state index in [1.807, 2.05) is 41.4 Å². The molecule has 0 saturated carbocycles. The highest BCUT2D eigenvalue weighted by molar-refractivity contribution is 9.10. The Morgan fingerprint density at radius 3 is 2.35 bits per heavy atom. The third kappa shape index (κ3) is 1.80. The van der Waals surface area contributed by atoms with Gasteiger partial charge in [0.1, 0.15) is 11.4 Å². The number of aldehydes is 1. The Kier molecular flexibility index (Phi) is 3.11. The molecule has 0 unspecified atom stereocenters. The molecule has 0 spiro atoms. The number of halogens is 1. The van der Waals surface area contributed by atoms with Crippen LogP contribution in [0.2, 0.25) is 0 Å². The van der Waals surface area contributed by atoms with Crippen molar-refractivity contribution in [1.82, 2.24) is 9.13 Å². The summed E-state index contributed by atoms with van der Waals surface area (Å²) in [6.45, 7) is 0. The maximum atomic E-state index is 11.0. The van der Waals surface area contributed by atoms with Gasteiger partial charge in [0.15, 0.2) is 6.29 Å². The summed E-state index contributed by atoms with van der Waals surface area (Å²) in [6.07, 6.45) is 0.806. The van der Waals surface area contributed by atoms with Crippen LogP contribution in [0.4, 0.5) is 0 Å². The van der Waals surface area contributed by atoms with Crippen molar-refractivity contribution in [2.75, 3.05) is 7.11 Å². The second kappa shape index (κ2) is 4.41. The predicted molar refractivity (Wildman–Crippen MR) is 69.5 cm³/mol. The second-order valence-corrected chi connectivity index (χ2v) is 4.57. The van der Waals surface area contributed by atoms with Crippen LogP contribution in [0.5, 0.6) is 5.75 Å². The van der Waals surface area contributed by atoms with Crippen molar-refractivity contribution < 1.29 is 9.53 Å². The molecule has 0 aliphatic carbocycles. The van der Waals surface area contributed by atoms with Crippen molar-refractivity contribution in [3.8, 4) is 17.1 Å². The van der Waals surface area contributed by atoms with Crippen LogP contribution in [0, 0.1) is 0 Å². The molecular weight excluding hydrogens is 284 g/mol. The van der Waals surface area contributed by atoms with E-state index in [1.165, 1.54) is 0 Å². The van der Waals surface area contributed by atoms with Gasteiger partial charge in [-0.05, 0) is 28.1 Å². The van der Waals surface area contributed by atoms with E-state index in [4.69, 9.17) is 4.74 Å². The van der Waals surface area contributed by atoms with Crippen molar-refractivity contribution in [2.24, 2.45) is 14.1 Å². The van der Waals surface area contributed by atoms with E-state index in [0.29, 0.717) is 11.4 Å². The minimum Gasteiger partial charge on any atom is -0.494 e. The second-order valence-electron chi connectivity index (χ2n) is 3.76. The molecule has 0 amide bonds. The molecule has 2 heterocycles. The summed E-state index contributed by atoms with van der Waals surface area (Å²) in [5.74, 6) is 0.592. The first-order valence-electron chi connectivity index (χ1n) is 5.10. The van der Waals surface area contributed by atoms with Crippen LogP contribution >= 0.6 is 15.9 Å². The highest BCUT2D eigenvalue weighted by Crippen LogP contribution is 2.31. The number of rotatable bonds is 3. The fourth-order valence-corrected chi connectivity index (χ4v) is 2.20. The molecule has 0 bridgehead atoms. The molecule has 0 aromatic carbocycles. The van der Waals surface area contributed by atoms with E-state index in [0.717, 1.165) is 22.3 Å². The Morgan fingerprint density at radius 2 is 1.94 bits per heavy atom. The van der Waals surface area contributed by atoms with Gasteiger partial charge in [0.05, 0.1) is 23.1 Å². The molecule has 0 radical (unpaired) electrons. The number of hydrogen-bond acceptors (Lipinski definition) is 2. The third-order valence-corrected chi connectivity index (χ3v) is 3.69. The van der Waals surface area contributed by atoms with Crippen LogP contribution in [0.1, 0.15) is 10.5 Å². The lowest BCUT2D eigenvalue weighted by molar-refractivity contribution is 0.111. The van der Waals surface area contributed by atoms with Crippen LogP contribution in [0.15, 0.2) is 22.8 Å². The van der Waals surface area contributed by atoms with Crippen molar-refractivity contribution in [1.29, 1.82) is 0 Å². The summed E-state index contributed by atoms with van der Waals surface area (Å²) >= 11 is 3.45. The Labute approximate surface area is 108 Å². The van der Waals surface area contributed by atoms with Crippen molar-refractivity contribution in [2.45, 2.75) is 0 Å². The monoisotopic (exact) mass is 296 g/mol. The van der Waals surface area contributed by atoms with E-state index in [-0.39, 0.29) is 0 Å². The minimum absolute atomic E-state index is 0.542. The van der Waals surface area contributed by atoms with Gasteiger partial charge in [-0.1, -0.05) is 0 Å². The van der Waals surface area contributed by atoms with E-state index < -0.39 is 0 Å². The topological polar surface area (TPSA) is 36.2 Å². The maximum absolute atomic E-state index is 11.0. The van der Waals surface area contributed by atoms with Gasteiger partial charge < -0.3 is 13.9 Å². The SMILES string of the molecule is COc1cc(-c2ccc(Br)n2C)n(C)c1C=O. The fraction of sp³-hybridized carbons (Fsp3) is 0.250. The Hall–Kier alpha value is -1.49. The van der Waals surface area contributed by atoms with Gasteiger partial charge >= 0.3 is 0 Å². The van der Waals surface area contributed by atoms with E-state index in [9.17, 15) is 4.79 Å². The Bertz CT molecular complexity index is 569. The normalized spacial score (nSPS) is 10.6. The van der Waals surface area contributed by atoms with Crippen LogP contribution in [-0.4, -0.2) is 22.5 Å². The lowest BCUT2D eigenvalue weighted by Gasteiger charge is -2.06. The van der Waals surface area contributed by atoms with Gasteiger partial charge in [0.25, 0.3) is 0 Å². The average Bonchev–Trinajstić information content (AvgIpc) is 2.81. The first kappa shape index (κ1) is 12.0. The zero-order valence-corrected chi connectivity index (χ0v) is 11.5. The fourth-order valence-electron chi connectivity index (χ4n) is 1.88. The smallest absolute Gasteiger partial charge is 0.170 e. The van der Waals surface area contributed by atoms with Gasteiger partial charge in [-0.15, -0.1) is 0 Å². The molecule has 0 saturated heterocycles. The molecule has 4 nitrogen and oxygen atoms in total. The summed E-state index contributed by atoms with van der Waals surface area (Å²) in [5.41, 5.74) is 2.50. The van der Waals surface area contributed by atoms with Gasteiger partial charge in [-0.25, -0.2) is 0 Å². The van der Waals surface area contributed by atoms with Gasteiger partial charge in [-0.2, -0.15) is 0 Å². The van der Waals surface area contributed by atoms with Crippen molar-refractivity contribution >= 4 is 22.2 Å². The molecule has 0 N–H and O–H groups in total. The number of carbonyl (C=O) groups excluding carboxylic acids is 1. The molecule has 17 heavy (non-hydrogen) atoms. The van der Waals surface area contributed by atoms with Crippen LogP contribution in [-0.2, 0) is 14.1 Å². The molecule has 5 heteroatoms. The molecule has 0 aliphatic rings. The van der Waals surface area contributed by atoms with Crippen molar-refractivity contribution in [3.05, 3.63) is 28.5 Å². The van der Waals surface area contributed by atoms with Crippen LogP contribution < -0.4 is 4.74 Å². The molecule has 0 aliphatic heterocycles. The molecule has 0 atom stereocenters. The molecule has 90 valence electrons. The largest absolute Gasteiger partial charge is 0.494 e. The minimum atomic E-state index is 0.542. The summed E-state index contributed by atoms with van der Waals surface area (Å²) < 4.78 is 10.0. The number of aromatic nitrogens is 2. The van der Waals surface area contributed by atoms with Crippen LogP contribution in [0.3, 0.4) is 0 Å². The maximum Gasteiger partial charge on any atom is 0.170 e. The zero-order chi connectivity index (χ0) is 12.6. The van der Waals surface area contributed by atoms with E-state index >= 15 is 0 Å². The van der Waals surface area contributed by atoms with Crippen molar-refractivity contribution in [3.63, 3.8) is 0 Å². The summed E-state index contributed by atoms with van der Waals surface area (Å²) in [7, 11) is 5.37. The van der Waals surface area contributed by atoms with E-state index in [2.05, 4.69) is 15.9 Å². The predicted octanol–water partition coefficient (Wildman–Crippen LogP) is 2.61. The highest BCUT2D eigenvalue weighted by Gasteiger charge is 2.16. The van der Waals surface area contributed by atoms with Gasteiger partial charge in [-0.3, -0.25) is 4.79 Å². The van der Waals surface area contributed by atoms with Gasteiger partial charge in [0, 0.05) is 20.2 Å². The van der Waals surface area contributed by atoms with Gasteiger partial charge in [0.2, 0.25) is 0 Å². The number of carbonyl (C=O) groups is 1. The number of nitrogens with zero attached hydrogens (tertiary/aromatic N) is 2. The van der Waals surface area contributed by atoms with Crippen LogP contribution in [0.25, 0.3) is 11.4 Å². The number of hydrogen-bond donors (Lipinski definition) is 0. The quantitative estimate of drug-likeness (QED) is 0.817. The summed E-state index contributed by atoms with van der Waals surface area (Å²) in [6, 6.07) is 5.83. The standard InChI is InChI=1S/C12H13BrN2O2/c1-14-9(6-11(17-3)10(14)7-16)8-4-5-12(13)15(8)2/h4-7H,1-3H3. The highest BCUT2D eigenvalue weighted by atomic mass is 79.9.